The van der Waals surface area contributed by atoms with Crippen LogP contribution in [0.2, 0.25) is 0 Å². The Labute approximate surface area is 144 Å². The summed E-state index contributed by atoms with van der Waals surface area (Å²) in [5, 5.41) is 9.84. The molecule has 0 fully saturated rings. The number of aromatic hydroxyl groups is 1. The number of hydrogen-bond acceptors (Lipinski definition) is 5. The molecule has 0 spiro atoms. The van der Waals surface area contributed by atoms with Gasteiger partial charge in [0.05, 0.1) is 14.2 Å². The molecule has 5 nitrogen and oxygen atoms in total. The number of methoxy groups -OCH3 is 2. The molecule has 0 aliphatic heterocycles. The monoisotopic (exact) mass is 338 g/mol. The van der Waals surface area contributed by atoms with E-state index in [0.717, 1.165) is 38.5 Å². The molecule has 1 rings (SSSR count). The van der Waals surface area contributed by atoms with Crippen molar-refractivity contribution in [3.8, 4) is 17.2 Å². The lowest BCUT2D eigenvalue weighted by Gasteiger charge is -2.32. The number of phenols is 1. The van der Waals surface area contributed by atoms with Gasteiger partial charge in [0, 0.05) is 0 Å². The fraction of sp³-hybridized carbons (Fsp3) is 0.632. The molecule has 0 bridgehead atoms. The highest BCUT2D eigenvalue weighted by atomic mass is 16.6. The van der Waals surface area contributed by atoms with Gasteiger partial charge < -0.3 is 19.3 Å². The van der Waals surface area contributed by atoms with E-state index in [9.17, 15) is 9.90 Å². The van der Waals surface area contributed by atoms with Crippen molar-refractivity contribution in [2.75, 3.05) is 14.2 Å². The number of carbonyl (C=O) groups excluding carboxylic acids is 1. The molecule has 1 aromatic carbocycles. The Morgan fingerprint density at radius 1 is 1.04 bits per heavy atom. The van der Waals surface area contributed by atoms with Crippen LogP contribution in [0.25, 0.3) is 0 Å². The molecule has 5 heteroatoms. The minimum absolute atomic E-state index is 0.0777. The Balaban J connectivity index is 3.08. The van der Waals surface area contributed by atoms with Gasteiger partial charge in [-0.2, -0.15) is 0 Å². The number of carbonyl (C=O) groups is 1. The summed E-state index contributed by atoms with van der Waals surface area (Å²) in [5.74, 6) is -0.204. The maximum absolute atomic E-state index is 12.7. The second kappa shape index (κ2) is 9.40. The van der Waals surface area contributed by atoms with Crippen LogP contribution in [0, 0.1) is 0 Å². The Bertz CT molecular complexity index is 535. The van der Waals surface area contributed by atoms with Crippen molar-refractivity contribution in [3.05, 3.63) is 17.7 Å². The van der Waals surface area contributed by atoms with Crippen molar-refractivity contribution in [3.63, 3.8) is 0 Å². The van der Waals surface area contributed by atoms with E-state index in [0.29, 0.717) is 0 Å². The largest absolute Gasteiger partial charge is 0.504 e. The van der Waals surface area contributed by atoms with Crippen LogP contribution in [0.15, 0.2) is 12.1 Å². The Morgan fingerprint density at radius 3 is 2.17 bits per heavy atom. The number of benzene rings is 1. The quantitative estimate of drug-likeness (QED) is 0.494. The summed E-state index contributed by atoms with van der Waals surface area (Å²) in [6.07, 6.45) is 5.64. The molecule has 0 unspecified atom stereocenters. The van der Waals surface area contributed by atoms with Crippen LogP contribution in [-0.4, -0.2) is 30.9 Å². The topological polar surface area (TPSA) is 65.0 Å². The van der Waals surface area contributed by atoms with Crippen molar-refractivity contribution in [1.82, 2.24) is 0 Å². The summed E-state index contributed by atoms with van der Waals surface area (Å²) >= 11 is 0. The molecule has 0 aliphatic rings. The average Bonchev–Trinajstić information content (AvgIpc) is 2.60. The third-order valence-corrected chi connectivity index (χ3v) is 4.55. The second-order valence-corrected chi connectivity index (χ2v) is 5.94. The van der Waals surface area contributed by atoms with Crippen molar-refractivity contribution in [2.24, 2.45) is 0 Å². The highest BCUT2D eigenvalue weighted by molar-refractivity contribution is 5.94. The third kappa shape index (κ3) is 4.56. The van der Waals surface area contributed by atoms with Gasteiger partial charge in [-0.25, -0.2) is 4.79 Å². The van der Waals surface area contributed by atoms with E-state index < -0.39 is 11.6 Å². The third-order valence-electron chi connectivity index (χ3n) is 4.55. The molecule has 0 amide bonds. The summed E-state index contributed by atoms with van der Waals surface area (Å²) < 4.78 is 16.3. The molecule has 136 valence electrons. The number of phenolic OH excluding ortho intramolecular Hbond substituents is 1. The molecule has 1 aromatic rings. The lowest BCUT2D eigenvalue weighted by atomic mass is 9.90. The van der Waals surface area contributed by atoms with Gasteiger partial charge in [-0.3, -0.25) is 0 Å². The lowest BCUT2D eigenvalue weighted by Crippen LogP contribution is -2.34. The van der Waals surface area contributed by atoms with E-state index in [4.69, 9.17) is 14.2 Å². The normalized spacial score (nSPS) is 11.2. The van der Waals surface area contributed by atoms with Crippen LogP contribution in [0.5, 0.6) is 17.2 Å². The molecular weight excluding hydrogens is 308 g/mol. The summed E-state index contributed by atoms with van der Waals surface area (Å²) in [7, 11) is 2.85. The van der Waals surface area contributed by atoms with Gasteiger partial charge in [-0.15, -0.1) is 0 Å². The van der Waals surface area contributed by atoms with E-state index in [-0.39, 0.29) is 22.8 Å². The average molecular weight is 338 g/mol. The van der Waals surface area contributed by atoms with Crippen molar-refractivity contribution < 1.29 is 24.1 Å². The first kappa shape index (κ1) is 20.1. The van der Waals surface area contributed by atoms with Crippen molar-refractivity contribution >= 4 is 5.97 Å². The summed E-state index contributed by atoms with van der Waals surface area (Å²) in [5.41, 5.74) is -0.212. The fourth-order valence-corrected chi connectivity index (χ4v) is 2.86. The zero-order valence-electron chi connectivity index (χ0n) is 15.5. The summed E-state index contributed by atoms with van der Waals surface area (Å²) in [6, 6.07) is 2.91. The van der Waals surface area contributed by atoms with E-state index in [1.165, 1.54) is 26.4 Å². The Hall–Kier alpha value is -1.91. The van der Waals surface area contributed by atoms with Gasteiger partial charge in [-0.05, 0) is 37.8 Å². The van der Waals surface area contributed by atoms with Gasteiger partial charge in [0.1, 0.15) is 11.2 Å². The van der Waals surface area contributed by atoms with Crippen LogP contribution >= 0.6 is 0 Å². The summed E-state index contributed by atoms with van der Waals surface area (Å²) in [6.45, 7) is 6.23. The van der Waals surface area contributed by atoms with E-state index in [2.05, 4.69) is 6.92 Å². The zero-order valence-corrected chi connectivity index (χ0v) is 15.5. The number of rotatable bonds is 10. The Morgan fingerprint density at radius 2 is 1.67 bits per heavy atom. The van der Waals surface area contributed by atoms with Gasteiger partial charge in [-0.1, -0.05) is 33.6 Å². The standard InChI is InChI=1S/C19H30O5/c1-6-9-10-13-19(7-2,8-3)24-18(21)14-11-12-15(20)17(23-5)16(14)22-4/h11-12,20H,6-10,13H2,1-5H3. The van der Waals surface area contributed by atoms with E-state index in [1.807, 2.05) is 13.8 Å². The van der Waals surface area contributed by atoms with Crippen molar-refractivity contribution in [2.45, 2.75) is 64.9 Å². The molecule has 1 N–H and O–H groups in total. The molecule has 0 saturated carbocycles. The highest BCUT2D eigenvalue weighted by Crippen LogP contribution is 2.40. The van der Waals surface area contributed by atoms with E-state index in [1.54, 1.807) is 0 Å². The van der Waals surface area contributed by atoms with Crippen molar-refractivity contribution in [1.29, 1.82) is 0 Å². The molecular formula is C19H30O5. The first-order valence-electron chi connectivity index (χ1n) is 8.65. The smallest absolute Gasteiger partial charge is 0.342 e. The molecule has 0 aliphatic carbocycles. The SMILES string of the molecule is CCCCCC(CC)(CC)OC(=O)c1ccc(O)c(OC)c1OC. The number of esters is 1. The van der Waals surface area contributed by atoms with Crippen LogP contribution in [0.3, 0.4) is 0 Å². The number of hydrogen-bond donors (Lipinski definition) is 1. The van der Waals surface area contributed by atoms with Crippen LogP contribution in [0.1, 0.15) is 69.7 Å². The Kier molecular flexibility index (Phi) is 7.89. The fourth-order valence-electron chi connectivity index (χ4n) is 2.86. The predicted octanol–water partition coefficient (Wildman–Crippen LogP) is 4.71. The first-order valence-corrected chi connectivity index (χ1v) is 8.65. The summed E-state index contributed by atoms with van der Waals surface area (Å²) in [4.78, 5) is 12.7. The molecule has 0 aromatic heterocycles. The maximum Gasteiger partial charge on any atom is 0.342 e. The van der Waals surface area contributed by atoms with Gasteiger partial charge in [0.25, 0.3) is 0 Å². The minimum atomic E-state index is -0.470. The van der Waals surface area contributed by atoms with Gasteiger partial charge >= 0.3 is 5.97 Å². The van der Waals surface area contributed by atoms with Crippen LogP contribution in [-0.2, 0) is 4.74 Å². The molecule has 24 heavy (non-hydrogen) atoms. The van der Waals surface area contributed by atoms with Gasteiger partial charge in [0.2, 0.25) is 5.75 Å². The number of unbranched alkanes of at least 4 members (excludes halogenated alkanes) is 2. The second-order valence-electron chi connectivity index (χ2n) is 5.94. The predicted molar refractivity (Wildman–Crippen MR) is 94.1 cm³/mol. The maximum atomic E-state index is 12.7. The molecule has 0 atom stereocenters. The van der Waals surface area contributed by atoms with Crippen LogP contribution < -0.4 is 9.47 Å². The number of ether oxygens (including phenoxy) is 3. The van der Waals surface area contributed by atoms with Crippen LogP contribution in [0.4, 0.5) is 0 Å². The molecule has 0 heterocycles. The minimum Gasteiger partial charge on any atom is -0.504 e. The molecule has 0 radical (unpaired) electrons. The molecule has 0 saturated heterocycles. The first-order chi connectivity index (χ1) is 11.5. The lowest BCUT2D eigenvalue weighted by molar-refractivity contribution is -0.0288. The van der Waals surface area contributed by atoms with Gasteiger partial charge in [0.15, 0.2) is 11.5 Å². The zero-order chi connectivity index (χ0) is 18.2. The van der Waals surface area contributed by atoms with E-state index >= 15 is 0 Å². The highest BCUT2D eigenvalue weighted by Gasteiger charge is 2.32.